The van der Waals surface area contributed by atoms with Gasteiger partial charge in [0.15, 0.2) is 0 Å². The fourth-order valence-corrected chi connectivity index (χ4v) is 0.750. The van der Waals surface area contributed by atoms with E-state index < -0.39 is 0 Å². The zero-order chi connectivity index (χ0) is 7.11. The van der Waals surface area contributed by atoms with Crippen molar-refractivity contribution in [2.75, 3.05) is 6.54 Å². The van der Waals surface area contributed by atoms with E-state index in [-0.39, 0.29) is 0 Å². The molecule has 0 radical (unpaired) electrons. The fourth-order valence-electron chi connectivity index (χ4n) is 0.750. The first-order valence-electron chi connectivity index (χ1n) is 3.48. The van der Waals surface area contributed by atoms with Gasteiger partial charge < -0.3 is 5.32 Å². The number of nitrogens with one attached hydrogen (secondary N) is 1. The summed E-state index contributed by atoms with van der Waals surface area (Å²) in [6.07, 6.45) is 7.07. The molecule has 0 rings (SSSR count). The Hall–Kier alpha value is -0.480. The normalized spacial score (nSPS) is 12.6. The van der Waals surface area contributed by atoms with Gasteiger partial charge in [-0.15, -0.1) is 12.3 Å². The van der Waals surface area contributed by atoms with Gasteiger partial charge >= 0.3 is 0 Å². The Labute approximate surface area is 57.8 Å². The maximum absolute atomic E-state index is 5.10. The van der Waals surface area contributed by atoms with Gasteiger partial charge in [-0.3, -0.25) is 0 Å². The van der Waals surface area contributed by atoms with Crippen molar-refractivity contribution in [3.63, 3.8) is 0 Å². The molecule has 0 aromatic carbocycles. The third-order valence-electron chi connectivity index (χ3n) is 1.27. The average Bonchev–Trinajstić information content (AvgIpc) is 1.85. The van der Waals surface area contributed by atoms with Crippen LogP contribution in [0.4, 0.5) is 0 Å². The van der Waals surface area contributed by atoms with Crippen molar-refractivity contribution in [3.05, 3.63) is 0 Å². The summed E-state index contributed by atoms with van der Waals surface area (Å²) in [6, 6.07) is 0.575. The monoisotopic (exact) mass is 125 g/mol. The minimum atomic E-state index is 0.575. The first-order chi connectivity index (χ1) is 4.31. The second kappa shape index (κ2) is 5.65. The van der Waals surface area contributed by atoms with Crippen LogP contribution in [-0.4, -0.2) is 12.6 Å². The summed E-state index contributed by atoms with van der Waals surface area (Å²) in [5.41, 5.74) is 0. The molecule has 1 N–H and O–H groups in total. The number of terminal acetylenes is 1. The molecule has 0 amide bonds. The van der Waals surface area contributed by atoms with E-state index in [0.717, 1.165) is 19.4 Å². The lowest BCUT2D eigenvalue weighted by Gasteiger charge is -2.08. The first kappa shape index (κ1) is 8.52. The van der Waals surface area contributed by atoms with Crippen LogP contribution >= 0.6 is 0 Å². The number of hydrogen-bond acceptors (Lipinski definition) is 1. The largest absolute Gasteiger partial charge is 0.314 e. The highest BCUT2D eigenvalue weighted by atomic mass is 14.9. The minimum absolute atomic E-state index is 0.575. The van der Waals surface area contributed by atoms with Gasteiger partial charge in [-0.25, -0.2) is 0 Å². The van der Waals surface area contributed by atoms with Crippen molar-refractivity contribution in [2.24, 2.45) is 0 Å². The summed E-state index contributed by atoms with van der Waals surface area (Å²) in [4.78, 5) is 0. The van der Waals surface area contributed by atoms with E-state index in [0.29, 0.717) is 6.04 Å². The highest BCUT2D eigenvalue weighted by Gasteiger charge is 1.95. The first-order valence-corrected chi connectivity index (χ1v) is 3.48. The summed E-state index contributed by atoms with van der Waals surface area (Å²) in [6.45, 7) is 5.29. The summed E-state index contributed by atoms with van der Waals surface area (Å²) in [5.74, 6) is 2.62. The molecule has 0 fully saturated rings. The van der Waals surface area contributed by atoms with Crippen molar-refractivity contribution in [1.29, 1.82) is 0 Å². The zero-order valence-corrected chi connectivity index (χ0v) is 6.28. The molecule has 1 heteroatoms. The molecule has 0 aliphatic carbocycles. The Balaban J connectivity index is 3.07. The van der Waals surface area contributed by atoms with Crippen LogP contribution in [0.2, 0.25) is 0 Å². The minimum Gasteiger partial charge on any atom is -0.314 e. The predicted octanol–water partition coefficient (Wildman–Crippen LogP) is 1.40. The van der Waals surface area contributed by atoms with Crippen LogP contribution in [-0.2, 0) is 0 Å². The molecule has 0 aliphatic rings. The van der Waals surface area contributed by atoms with Crippen molar-refractivity contribution in [3.8, 4) is 12.3 Å². The average molecular weight is 125 g/mol. The highest BCUT2D eigenvalue weighted by molar-refractivity contribution is 4.84. The molecule has 52 valence electrons. The maximum Gasteiger partial charge on any atom is 0.0101 e. The number of hydrogen-bond donors (Lipinski definition) is 1. The van der Waals surface area contributed by atoms with Gasteiger partial charge in [0.25, 0.3) is 0 Å². The lowest BCUT2D eigenvalue weighted by molar-refractivity contribution is 0.538. The summed E-state index contributed by atoms with van der Waals surface area (Å²) >= 11 is 0. The lowest BCUT2D eigenvalue weighted by atomic mass is 10.2. The zero-order valence-electron chi connectivity index (χ0n) is 6.28. The molecule has 0 bridgehead atoms. The summed E-state index contributed by atoms with van der Waals surface area (Å²) in [7, 11) is 0. The molecule has 9 heavy (non-hydrogen) atoms. The Bertz CT molecular complexity index is 91.2. The van der Waals surface area contributed by atoms with Gasteiger partial charge in [-0.1, -0.05) is 6.92 Å². The Morgan fingerprint density at radius 2 is 2.33 bits per heavy atom. The molecule has 0 spiro atoms. The van der Waals surface area contributed by atoms with Gasteiger partial charge in [0.05, 0.1) is 0 Å². The van der Waals surface area contributed by atoms with E-state index >= 15 is 0 Å². The van der Waals surface area contributed by atoms with Crippen LogP contribution in [0.5, 0.6) is 0 Å². The lowest BCUT2D eigenvalue weighted by Crippen LogP contribution is -2.24. The summed E-state index contributed by atoms with van der Waals surface area (Å²) in [5, 5.41) is 3.28. The second-order valence-corrected chi connectivity index (χ2v) is 2.20. The van der Waals surface area contributed by atoms with Gasteiger partial charge in [0, 0.05) is 12.5 Å². The van der Waals surface area contributed by atoms with E-state index in [4.69, 9.17) is 6.42 Å². The Morgan fingerprint density at radius 3 is 2.78 bits per heavy atom. The van der Waals surface area contributed by atoms with Gasteiger partial charge in [-0.05, 0) is 19.9 Å². The van der Waals surface area contributed by atoms with Crippen molar-refractivity contribution >= 4 is 0 Å². The van der Waals surface area contributed by atoms with Gasteiger partial charge in [0.1, 0.15) is 0 Å². The van der Waals surface area contributed by atoms with E-state index in [1.165, 1.54) is 0 Å². The van der Waals surface area contributed by atoms with Crippen LogP contribution in [0.15, 0.2) is 0 Å². The third-order valence-corrected chi connectivity index (χ3v) is 1.27. The van der Waals surface area contributed by atoms with Crippen LogP contribution in [0.3, 0.4) is 0 Å². The second-order valence-electron chi connectivity index (χ2n) is 2.20. The predicted molar refractivity (Wildman–Crippen MR) is 41.2 cm³/mol. The molecule has 0 aromatic heterocycles. The van der Waals surface area contributed by atoms with Crippen molar-refractivity contribution in [2.45, 2.75) is 32.7 Å². The molecule has 1 unspecified atom stereocenters. The quantitative estimate of drug-likeness (QED) is 0.560. The van der Waals surface area contributed by atoms with E-state index in [1.54, 1.807) is 0 Å². The van der Waals surface area contributed by atoms with E-state index in [9.17, 15) is 0 Å². The molecule has 0 aromatic rings. The standard InChI is InChI=1S/C8H15N/c1-4-6-7-8(3)9-5-2/h1,8-9H,5-7H2,2-3H3. The molecule has 0 saturated heterocycles. The van der Waals surface area contributed by atoms with E-state index in [1.807, 2.05) is 0 Å². The maximum atomic E-state index is 5.10. The number of rotatable bonds is 4. The molecular weight excluding hydrogens is 110 g/mol. The SMILES string of the molecule is C#CCCC(C)NCC. The molecule has 0 aliphatic heterocycles. The fraction of sp³-hybridized carbons (Fsp3) is 0.750. The Morgan fingerprint density at radius 1 is 1.67 bits per heavy atom. The van der Waals surface area contributed by atoms with Crippen molar-refractivity contribution < 1.29 is 0 Å². The summed E-state index contributed by atoms with van der Waals surface area (Å²) < 4.78 is 0. The smallest absolute Gasteiger partial charge is 0.0101 e. The van der Waals surface area contributed by atoms with Crippen LogP contribution in [0.1, 0.15) is 26.7 Å². The van der Waals surface area contributed by atoms with Gasteiger partial charge in [-0.2, -0.15) is 0 Å². The highest BCUT2D eigenvalue weighted by Crippen LogP contribution is 1.92. The van der Waals surface area contributed by atoms with Crippen LogP contribution < -0.4 is 5.32 Å². The molecule has 1 nitrogen and oxygen atoms in total. The van der Waals surface area contributed by atoms with Crippen LogP contribution in [0.25, 0.3) is 0 Å². The molecular formula is C8H15N. The molecule has 0 saturated carbocycles. The topological polar surface area (TPSA) is 12.0 Å². The Kier molecular flexibility index (Phi) is 5.35. The molecule has 1 atom stereocenters. The molecule has 0 heterocycles. The van der Waals surface area contributed by atoms with Gasteiger partial charge in [0.2, 0.25) is 0 Å². The van der Waals surface area contributed by atoms with Crippen molar-refractivity contribution in [1.82, 2.24) is 5.32 Å². The third kappa shape index (κ3) is 5.39. The van der Waals surface area contributed by atoms with Crippen LogP contribution in [0, 0.1) is 12.3 Å². The van der Waals surface area contributed by atoms with E-state index in [2.05, 4.69) is 25.1 Å².